The number of hydrogen-bond acceptors (Lipinski definition) is 5. The van der Waals surface area contributed by atoms with E-state index >= 15 is 0 Å². The Morgan fingerprint density at radius 2 is 1.54 bits per heavy atom. The van der Waals surface area contributed by atoms with E-state index in [1.807, 2.05) is 24.5 Å². The number of rotatable bonds is 14. The fourth-order valence-electron chi connectivity index (χ4n) is 3.75. The van der Waals surface area contributed by atoms with Gasteiger partial charge in [0.05, 0.1) is 17.2 Å². The van der Waals surface area contributed by atoms with E-state index in [0.717, 1.165) is 36.8 Å². The summed E-state index contributed by atoms with van der Waals surface area (Å²) >= 11 is 6.35. The van der Waals surface area contributed by atoms with Crippen molar-refractivity contribution in [3.8, 4) is 22.9 Å². The van der Waals surface area contributed by atoms with E-state index in [1.165, 1.54) is 32.1 Å². The van der Waals surface area contributed by atoms with Crippen molar-refractivity contribution >= 4 is 17.6 Å². The number of carbonyl (C=O) groups excluding carboxylic acids is 1. The molecule has 0 saturated carbocycles. The van der Waals surface area contributed by atoms with E-state index < -0.39 is 5.97 Å². The van der Waals surface area contributed by atoms with E-state index in [2.05, 4.69) is 23.8 Å². The third-order valence-corrected chi connectivity index (χ3v) is 6.04. The van der Waals surface area contributed by atoms with Crippen molar-refractivity contribution in [3.63, 3.8) is 0 Å². The average Bonchev–Trinajstić information content (AvgIpc) is 2.87. The largest absolute Gasteiger partial charge is 0.492 e. The van der Waals surface area contributed by atoms with Gasteiger partial charge in [0.25, 0.3) is 0 Å². The Balaban J connectivity index is 1.48. The lowest BCUT2D eigenvalue weighted by Crippen LogP contribution is -2.08. The Morgan fingerprint density at radius 1 is 0.857 bits per heavy atom. The molecule has 0 bridgehead atoms. The highest BCUT2D eigenvalue weighted by Gasteiger charge is 2.12. The van der Waals surface area contributed by atoms with Gasteiger partial charge in [-0.15, -0.1) is 0 Å². The molecule has 35 heavy (non-hydrogen) atoms. The second kappa shape index (κ2) is 14.5. The summed E-state index contributed by atoms with van der Waals surface area (Å²) in [6.45, 7) is 4.97. The van der Waals surface area contributed by atoms with Crippen LogP contribution in [0.2, 0.25) is 5.02 Å². The molecular weight excluding hydrogens is 460 g/mol. The van der Waals surface area contributed by atoms with Gasteiger partial charge in [-0.1, -0.05) is 70.4 Å². The van der Waals surface area contributed by atoms with Crippen LogP contribution in [-0.2, 0) is 6.42 Å². The number of ether oxygens (including phenoxy) is 2. The number of hydrogen-bond donors (Lipinski definition) is 0. The van der Waals surface area contributed by atoms with Crippen LogP contribution in [-0.4, -0.2) is 22.5 Å². The fraction of sp³-hybridized carbons (Fsp3) is 0.414. The van der Waals surface area contributed by atoms with Gasteiger partial charge in [0.2, 0.25) is 0 Å². The van der Waals surface area contributed by atoms with E-state index in [0.29, 0.717) is 34.5 Å². The van der Waals surface area contributed by atoms with Gasteiger partial charge in [-0.3, -0.25) is 0 Å². The highest BCUT2D eigenvalue weighted by Crippen LogP contribution is 2.27. The van der Waals surface area contributed by atoms with E-state index in [-0.39, 0.29) is 0 Å². The van der Waals surface area contributed by atoms with Crippen molar-refractivity contribution in [1.29, 1.82) is 0 Å². The molecule has 0 saturated heterocycles. The SMILES string of the molecule is CCCCCCCCCOc1ccc(C(=O)Oc2ccc(-c3ncc(CCC)cn3)cc2)cc1Cl. The second-order valence-corrected chi connectivity index (χ2v) is 9.10. The Morgan fingerprint density at radius 3 is 2.20 bits per heavy atom. The van der Waals surface area contributed by atoms with Gasteiger partial charge < -0.3 is 9.47 Å². The quantitative estimate of drug-likeness (QED) is 0.129. The molecule has 3 rings (SSSR count). The highest BCUT2D eigenvalue weighted by molar-refractivity contribution is 6.32. The van der Waals surface area contributed by atoms with Gasteiger partial charge in [-0.2, -0.15) is 0 Å². The zero-order chi connectivity index (χ0) is 24.9. The second-order valence-electron chi connectivity index (χ2n) is 8.69. The predicted molar refractivity (Wildman–Crippen MR) is 141 cm³/mol. The molecule has 0 aliphatic rings. The summed E-state index contributed by atoms with van der Waals surface area (Å²) in [6, 6.07) is 12.1. The molecule has 0 fully saturated rings. The Bertz CT molecular complexity index is 1050. The first-order chi connectivity index (χ1) is 17.1. The molecule has 0 amide bonds. The van der Waals surface area contributed by atoms with Crippen molar-refractivity contribution in [2.45, 2.75) is 71.6 Å². The van der Waals surface area contributed by atoms with E-state index in [1.54, 1.807) is 30.3 Å². The lowest BCUT2D eigenvalue weighted by molar-refractivity contribution is 0.0734. The Labute approximate surface area is 213 Å². The van der Waals surface area contributed by atoms with Gasteiger partial charge >= 0.3 is 5.97 Å². The summed E-state index contributed by atoms with van der Waals surface area (Å²) in [6.07, 6.45) is 14.3. The van der Waals surface area contributed by atoms with Gasteiger partial charge in [0.15, 0.2) is 5.82 Å². The average molecular weight is 495 g/mol. The number of nitrogens with zero attached hydrogens (tertiary/aromatic N) is 2. The first-order valence-corrected chi connectivity index (χ1v) is 13.0. The van der Waals surface area contributed by atoms with Gasteiger partial charge in [0, 0.05) is 18.0 Å². The summed E-state index contributed by atoms with van der Waals surface area (Å²) in [5.74, 6) is 1.19. The normalized spacial score (nSPS) is 10.8. The summed E-state index contributed by atoms with van der Waals surface area (Å²) in [5.41, 5.74) is 2.35. The minimum Gasteiger partial charge on any atom is -0.492 e. The standard InChI is InChI=1S/C29H35ClN2O3/c1-3-5-6-7-8-9-10-18-34-27-17-14-24(19-26(27)30)29(33)35-25-15-12-23(13-16-25)28-31-20-22(11-4-2)21-32-28/h12-17,19-21H,3-11,18H2,1-2H3. The molecule has 0 aliphatic carbocycles. The van der Waals surface area contributed by atoms with E-state index in [4.69, 9.17) is 21.1 Å². The summed E-state index contributed by atoms with van der Waals surface area (Å²) < 4.78 is 11.3. The number of esters is 1. The van der Waals surface area contributed by atoms with Gasteiger partial charge in [0.1, 0.15) is 11.5 Å². The van der Waals surface area contributed by atoms with Crippen LogP contribution in [0.4, 0.5) is 0 Å². The molecule has 0 spiro atoms. The number of aromatic nitrogens is 2. The number of unbranched alkanes of at least 4 members (excludes halogenated alkanes) is 6. The molecule has 0 aliphatic heterocycles. The van der Waals surface area contributed by atoms with E-state index in [9.17, 15) is 4.79 Å². The molecule has 0 N–H and O–H groups in total. The van der Waals surface area contributed by atoms with Crippen molar-refractivity contribution in [1.82, 2.24) is 9.97 Å². The van der Waals surface area contributed by atoms with Crippen LogP contribution in [0.3, 0.4) is 0 Å². The maximum Gasteiger partial charge on any atom is 0.343 e. The monoisotopic (exact) mass is 494 g/mol. The smallest absolute Gasteiger partial charge is 0.343 e. The zero-order valence-corrected chi connectivity index (χ0v) is 21.5. The molecule has 0 radical (unpaired) electrons. The topological polar surface area (TPSA) is 61.3 Å². The minimum absolute atomic E-state index is 0.372. The third-order valence-electron chi connectivity index (χ3n) is 5.74. The summed E-state index contributed by atoms with van der Waals surface area (Å²) in [4.78, 5) is 21.4. The first-order valence-electron chi connectivity index (χ1n) is 12.7. The van der Waals surface area contributed by atoms with Crippen LogP contribution in [0.5, 0.6) is 11.5 Å². The van der Waals surface area contributed by atoms with Crippen LogP contribution in [0.1, 0.15) is 81.1 Å². The molecule has 0 atom stereocenters. The van der Waals surface area contributed by atoms with Crippen LogP contribution >= 0.6 is 11.6 Å². The molecule has 0 unspecified atom stereocenters. The molecule has 1 heterocycles. The minimum atomic E-state index is -0.474. The maximum atomic E-state index is 12.6. The lowest BCUT2D eigenvalue weighted by atomic mass is 10.1. The number of carbonyl (C=O) groups is 1. The summed E-state index contributed by atoms with van der Waals surface area (Å²) in [5, 5.41) is 0.404. The number of halogens is 1. The summed E-state index contributed by atoms with van der Waals surface area (Å²) in [7, 11) is 0. The zero-order valence-electron chi connectivity index (χ0n) is 20.8. The molecule has 3 aromatic rings. The van der Waals surface area contributed by atoms with Crippen LogP contribution in [0.25, 0.3) is 11.4 Å². The number of benzene rings is 2. The first kappa shape index (κ1) is 26.7. The van der Waals surface area contributed by atoms with Crippen LogP contribution in [0, 0.1) is 0 Å². The molecule has 2 aromatic carbocycles. The highest BCUT2D eigenvalue weighted by atomic mass is 35.5. The maximum absolute atomic E-state index is 12.6. The Kier molecular flexibility index (Phi) is 11.0. The molecular formula is C29H35ClN2O3. The molecule has 5 nitrogen and oxygen atoms in total. The van der Waals surface area contributed by atoms with Gasteiger partial charge in [-0.05, 0) is 60.9 Å². The van der Waals surface area contributed by atoms with Crippen molar-refractivity contribution in [3.05, 3.63) is 71.0 Å². The van der Waals surface area contributed by atoms with Crippen molar-refractivity contribution in [2.24, 2.45) is 0 Å². The van der Waals surface area contributed by atoms with Gasteiger partial charge in [-0.25, -0.2) is 14.8 Å². The Hall–Kier alpha value is -2.92. The third kappa shape index (κ3) is 8.66. The van der Waals surface area contributed by atoms with Crippen molar-refractivity contribution < 1.29 is 14.3 Å². The molecule has 186 valence electrons. The van der Waals surface area contributed by atoms with Crippen LogP contribution in [0.15, 0.2) is 54.9 Å². The lowest BCUT2D eigenvalue weighted by Gasteiger charge is -2.10. The van der Waals surface area contributed by atoms with Crippen LogP contribution < -0.4 is 9.47 Å². The molecule has 6 heteroatoms. The number of aryl methyl sites for hydroxylation is 1. The molecule has 1 aromatic heterocycles. The predicted octanol–water partition coefficient (Wildman–Crippen LogP) is 8.10. The fourth-order valence-corrected chi connectivity index (χ4v) is 3.98. The van der Waals surface area contributed by atoms with Crippen molar-refractivity contribution in [2.75, 3.05) is 6.61 Å².